The summed E-state index contributed by atoms with van der Waals surface area (Å²) in [6.45, 7) is 1.83. The number of hydrogen-bond acceptors (Lipinski definition) is 5. The summed E-state index contributed by atoms with van der Waals surface area (Å²) in [7, 11) is 0. The number of rotatable bonds is 2. The first kappa shape index (κ1) is 14.3. The molecule has 0 radical (unpaired) electrons. The summed E-state index contributed by atoms with van der Waals surface area (Å²) >= 11 is 1.47. The number of thioether (sulfide) groups is 1. The topological polar surface area (TPSA) is 104 Å². The Balaban J connectivity index is 1.80. The molecule has 8 heteroatoms. The van der Waals surface area contributed by atoms with Crippen molar-refractivity contribution in [1.29, 1.82) is 0 Å². The highest BCUT2D eigenvalue weighted by Gasteiger charge is 2.23. The number of nitrogens with zero attached hydrogens (tertiary/aromatic N) is 1. The van der Waals surface area contributed by atoms with E-state index in [0.29, 0.717) is 11.4 Å². The lowest BCUT2D eigenvalue weighted by molar-refractivity contribution is -0.115. The van der Waals surface area contributed by atoms with E-state index in [-0.39, 0.29) is 22.4 Å². The molecule has 1 atom stereocenters. The molecule has 0 saturated heterocycles. The van der Waals surface area contributed by atoms with Crippen molar-refractivity contribution in [2.45, 2.75) is 17.1 Å². The number of benzene rings is 1. The number of anilines is 2. The lowest BCUT2D eigenvalue weighted by Gasteiger charge is -2.21. The number of fused-ring (bicyclic) bond motifs is 1. The van der Waals surface area contributed by atoms with Gasteiger partial charge in [0.05, 0.1) is 10.9 Å². The van der Waals surface area contributed by atoms with Crippen LogP contribution in [0.2, 0.25) is 0 Å². The molecule has 22 heavy (non-hydrogen) atoms. The standard InChI is InChI=1S/C14H12N4O3S/c1-7-13(20)16-10-6-8(2-4-11(10)22-7)15-14(21)9-3-5-12(19)18-17-9/h2-7H,1H3,(H,15,21)(H,16,20)(H,18,19). The van der Waals surface area contributed by atoms with Crippen LogP contribution in [-0.2, 0) is 4.79 Å². The van der Waals surface area contributed by atoms with Crippen molar-refractivity contribution in [3.05, 3.63) is 46.4 Å². The van der Waals surface area contributed by atoms with Gasteiger partial charge in [0.15, 0.2) is 0 Å². The van der Waals surface area contributed by atoms with E-state index in [4.69, 9.17) is 0 Å². The van der Waals surface area contributed by atoms with Crippen molar-refractivity contribution in [2.75, 3.05) is 10.6 Å². The zero-order chi connectivity index (χ0) is 15.7. The van der Waals surface area contributed by atoms with E-state index in [1.807, 2.05) is 13.0 Å². The lowest BCUT2D eigenvalue weighted by Crippen LogP contribution is -2.26. The molecule has 2 aromatic rings. The van der Waals surface area contributed by atoms with Crippen LogP contribution in [0.4, 0.5) is 11.4 Å². The first-order valence-electron chi connectivity index (χ1n) is 6.51. The summed E-state index contributed by atoms with van der Waals surface area (Å²) in [5, 5.41) is 11.2. The normalized spacial score (nSPS) is 16.6. The third-order valence-electron chi connectivity index (χ3n) is 3.08. The lowest BCUT2D eigenvalue weighted by atomic mass is 10.2. The Morgan fingerprint density at radius 1 is 1.27 bits per heavy atom. The quantitative estimate of drug-likeness (QED) is 0.778. The molecular weight excluding hydrogens is 304 g/mol. The molecule has 1 aliphatic rings. The number of hydrogen-bond donors (Lipinski definition) is 3. The van der Waals surface area contributed by atoms with Gasteiger partial charge in [-0.2, -0.15) is 5.10 Å². The summed E-state index contributed by atoms with van der Waals surface area (Å²) in [6.07, 6.45) is 0. The SMILES string of the molecule is CC1Sc2ccc(NC(=O)c3ccc(=O)[nH]n3)cc2NC1=O. The van der Waals surface area contributed by atoms with Crippen LogP contribution in [0.1, 0.15) is 17.4 Å². The number of aromatic nitrogens is 2. The Labute approximate surface area is 129 Å². The second-order valence-electron chi connectivity index (χ2n) is 4.72. The first-order chi connectivity index (χ1) is 10.5. The largest absolute Gasteiger partial charge is 0.324 e. The highest BCUT2D eigenvalue weighted by molar-refractivity contribution is 8.00. The molecule has 1 aromatic carbocycles. The van der Waals surface area contributed by atoms with Crippen molar-refractivity contribution < 1.29 is 9.59 Å². The zero-order valence-electron chi connectivity index (χ0n) is 11.5. The van der Waals surface area contributed by atoms with E-state index in [1.54, 1.807) is 12.1 Å². The van der Waals surface area contributed by atoms with Crippen LogP contribution in [0, 0.1) is 0 Å². The van der Waals surface area contributed by atoms with Gasteiger partial charge in [-0.05, 0) is 31.2 Å². The minimum Gasteiger partial charge on any atom is -0.324 e. The molecular formula is C14H12N4O3S. The predicted octanol–water partition coefficient (Wildman–Crippen LogP) is 1.45. The van der Waals surface area contributed by atoms with Gasteiger partial charge in [0.25, 0.3) is 11.5 Å². The maximum absolute atomic E-state index is 12.0. The highest BCUT2D eigenvalue weighted by atomic mass is 32.2. The summed E-state index contributed by atoms with van der Waals surface area (Å²) in [6, 6.07) is 7.85. The van der Waals surface area contributed by atoms with Crippen molar-refractivity contribution in [1.82, 2.24) is 10.2 Å². The Morgan fingerprint density at radius 2 is 2.09 bits per heavy atom. The van der Waals surface area contributed by atoms with Gasteiger partial charge in [-0.15, -0.1) is 11.8 Å². The first-order valence-corrected chi connectivity index (χ1v) is 7.39. The maximum atomic E-state index is 12.0. The maximum Gasteiger partial charge on any atom is 0.276 e. The Morgan fingerprint density at radius 3 is 2.82 bits per heavy atom. The molecule has 7 nitrogen and oxygen atoms in total. The molecule has 0 bridgehead atoms. The second-order valence-corrected chi connectivity index (χ2v) is 6.10. The van der Waals surface area contributed by atoms with Crippen LogP contribution >= 0.6 is 11.8 Å². The van der Waals surface area contributed by atoms with Crippen molar-refractivity contribution in [3.8, 4) is 0 Å². The fourth-order valence-corrected chi connectivity index (χ4v) is 2.88. The van der Waals surface area contributed by atoms with E-state index in [2.05, 4.69) is 20.8 Å². The summed E-state index contributed by atoms with van der Waals surface area (Å²) in [5.74, 6) is -0.511. The van der Waals surface area contributed by atoms with E-state index < -0.39 is 5.91 Å². The van der Waals surface area contributed by atoms with Gasteiger partial charge in [0.1, 0.15) is 5.69 Å². The third kappa shape index (κ3) is 2.86. The van der Waals surface area contributed by atoms with Crippen molar-refractivity contribution in [3.63, 3.8) is 0 Å². The van der Waals surface area contributed by atoms with Gasteiger partial charge in [-0.1, -0.05) is 0 Å². The van der Waals surface area contributed by atoms with Gasteiger partial charge in [0, 0.05) is 16.6 Å². The number of aromatic amines is 1. The number of carbonyl (C=O) groups excluding carboxylic acids is 2. The van der Waals surface area contributed by atoms with Gasteiger partial charge < -0.3 is 10.6 Å². The van der Waals surface area contributed by atoms with Crippen LogP contribution in [0.5, 0.6) is 0 Å². The minimum atomic E-state index is -0.445. The number of amides is 2. The zero-order valence-corrected chi connectivity index (χ0v) is 12.4. The van der Waals surface area contributed by atoms with Gasteiger partial charge in [0.2, 0.25) is 5.91 Å². The molecule has 2 amide bonds. The molecule has 1 aliphatic heterocycles. The Hall–Kier alpha value is -2.61. The fourth-order valence-electron chi connectivity index (χ4n) is 1.95. The molecule has 112 valence electrons. The average molecular weight is 316 g/mol. The van der Waals surface area contributed by atoms with Crippen molar-refractivity contribution >= 4 is 35.0 Å². The highest BCUT2D eigenvalue weighted by Crippen LogP contribution is 2.36. The van der Waals surface area contributed by atoms with Crippen LogP contribution in [-0.4, -0.2) is 27.3 Å². The second kappa shape index (κ2) is 5.64. The number of nitrogens with one attached hydrogen (secondary N) is 3. The van der Waals surface area contributed by atoms with Crippen LogP contribution < -0.4 is 16.2 Å². The molecule has 3 rings (SSSR count). The summed E-state index contributed by atoms with van der Waals surface area (Å²) < 4.78 is 0. The Bertz CT molecular complexity index is 797. The van der Waals surface area contributed by atoms with E-state index in [0.717, 1.165) is 4.90 Å². The van der Waals surface area contributed by atoms with E-state index in [9.17, 15) is 14.4 Å². The third-order valence-corrected chi connectivity index (χ3v) is 4.26. The monoisotopic (exact) mass is 316 g/mol. The molecule has 3 N–H and O–H groups in total. The summed E-state index contributed by atoms with van der Waals surface area (Å²) in [5.41, 5.74) is 0.927. The molecule has 1 unspecified atom stereocenters. The van der Waals surface area contributed by atoms with Crippen molar-refractivity contribution in [2.24, 2.45) is 0 Å². The number of carbonyl (C=O) groups is 2. The average Bonchev–Trinajstić information content (AvgIpc) is 2.49. The molecule has 0 saturated carbocycles. The molecule has 0 fully saturated rings. The molecule has 0 spiro atoms. The van der Waals surface area contributed by atoms with E-state index >= 15 is 0 Å². The predicted molar refractivity (Wildman–Crippen MR) is 83.2 cm³/mol. The smallest absolute Gasteiger partial charge is 0.276 e. The number of H-pyrrole nitrogens is 1. The molecule has 0 aliphatic carbocycles. The van der Waals surface area contributed by atoms with Gasteiger partial charge in [-0.3, -0.25) is 14.4 Å². The molecule has 1 aromatic heterocycles. The minimum absolute atomic E-state index is 0.0664. The molecule has 2 heterocycles. The van der Waals surface area contributed by atoms with Gasteiger partial charge in [-0.25, -0.2) is 5.10 Å². The van der Waals surface area contributed by atoms with Crippen LogP contribution in [0.15, 0.2) is 40.0 Å². The summed E-state index contributed by atoms with van der Waals surface area (Å²) in [4.78, 5) is 35.6. The van der Waals surface area contributed by atoms with Gasteiger partial charge >= 0.3 is 0 Å². The Kier molecular flexibility index (Phi) is 3.68. The van der Waals surface area contributed by atoms with Crippen LogP contribution in [0.25, 0.3) is 0 Å². The van der Waals surface area contributed by atoms with Crippen LogP contribution in [0.3, 0.4) is 0 Å². The van der Waals surface area contributed by atoms with E-state index in [1.165, 1.54) is 23.9 Å². The fraction of sp³-hybridized carbons (Fsp3) is 0.143.